The zero-order valence-corrected chi connectivity index (χ0v) is 19.8. The fourth-order valence-corrected chi connectivity index (χ4v) is 3.09. The van der Waals surface area contributed by atoms with Crippen LogP contribution in [0.15, 0.2) is 53.1 Å². The summed E-state index contributed by atoms with van der Waals surface area (Å²) in [6, 6.07) is 12.3. The van der Waals surface area contributed by atoms with Crippen molar-refractivity contribution in [1.29, 1.82) is 0 Å². The molecule has 1 N–H and O–H groups in total. The molecule has 0 unspecified atom stereocenters. The number of benzene rings is 2. The van der Waals surface area contributed by atoms with Crippen molar-refractivity contribution < 1.29 is 28.3 Å². The van der Waals surface area contributed by atoms with Crippen LogP contribution in [-0.4, -0.2) is 30.7 Å². The minimum Gasteiger partial charge on any atom is -0.493 e. The zero-order valence-electron chi connectivity index (χ0n) is 19.1. The third-order valence-corrected chi connectivity index (χ3v) is 5.15. The summed E-state index contributed by atoms with van der Waals surface area (Å²) >= 11 is 5.83. The number of hydrogen-bond donors (Lipinski definition) is 1. The maximum Gasteiger partial charge on any atom is 0.331 e. The Labute approximate surface area is 202 Å². The van der Waals surface area contributed by atoms with E-state index in [4.69, 9.17) is 30.3 Å². The summed E-state index contributed by atoms with van der Waals surface area (Å²) in [5, 5.41) is 7.20. The molecule has 178 valence electrons. The predicted octanol–water partition coefficient (Wildman–Crippen LogP) is 4.41. The molecule has 34 heavy (non-hydrogen) atoms. The van der Waals surface area contributed by atoms with Crippen molar-refractivity contribution in [1.82, 2.24) is 10.5 Å². The molecule has 3 aromatic rings. The number of hydrogen-bond acceptors (Lipinski definition) is 7. The zero-order chi connectivity index (χ0) is 24.5. The number of nitrogens with zero attached hydrogens (tertiary/aromatic N) is 1. The molecular weight excluding hydrogens is 460 g/mol. The van der Waals surface area contributed by atoms with E-state index >= 15 is 0 Å². The summed E-state index contributed by atoms with van der Waals surface area (Å²) in [6.45, 7) is 3.90. The molecule has 0 saturated heterocycles. The first-order chi connectivity index (χ1) is 16.4. The van der Waals surface area contributed by atoms with Crippen LogP contribution >= 0.6 is 11.6 Å². The molecule has 0 fully saturated rings. The van der Waals surface area contributed by atoms with E-state index in [1.165, 1.54) is 13.2 Å². The lowest BCUT2D eigenvalue weighted by Crippen LogP contribution is -2.28. The smallest absolute Gasteiger partial charge is 0.331 e. The molecule has 0 radical (unpaired) electrons. The summed E-state index contributed by atoms with van der Waals surface area (Å²) in [4.78, 5) is 23.9. The minimum atomic E-state index is -0.639. The van der Waals surface area contributed by atoms with Crippen LogP contribution in [0.2, 0.25) is 5.02 Å². The van der Waals surface area contributed by atoms with E-state index in [0.717, 1.165) is 16.8 Å². The van der Waals surface area contributed by atoms with Gasteiger partial charge in [-0.15, -0.1) is 0 Å². The summed E-state index contributed by atoms with van der Waals surface area (Å²) in [5.74, 6) is 0.703. The summed E-state index contributed by atoms with van der Waals surface area (Å²) in [6.07, 6.45) is 2.81. The molecule has 1 heterocycles. The topological polar surface area (TPSA) is 99.9 Å². The Bertz CT molecular complexity index is 1150. The fourth-order valence-electron chi connectivity index (χ4n) is 2.97. The average Bonchev–Trinajstić information content (AvgIpc) is 3.16. The van der Waals surface area contributed by atoms with Gasteiger partial charge >= 0.3 is 5.97 Å². The monoisotopic (exact) mass is 484 g/mol. The first-order valence-electron chi connectivity index (χ1n) is 10.4. The maximum atomic E-state index is 12.0. The van der Waals surface area contributed by atoms with Crippen molar-refractivity contribution in [3.63, 3.8) is 0 Å². The predicted molar refractivity (Wildman–Crippen MR) is 127 cm³/mol. The summed E-state index contributed by atoms with van der Waals surface area (Å²) in [5.41, 5.74) is 3.24. The molecular formula is C25H25ClN2O6. The maximum absolute atomic E-state index is 12.0. The van der Waals surface area contributed by atoms with Crippen molar-refractivity contribution in [2.24, 2.45) is 0 Å². The van der Waals surface area contributed by atoms with Crippen molar-refractivity contribution in [2.45, 2.75) is 27.0 Å². The van der Waals surface area contributed by atoms with Crippen molar-refractivity contribution in [3.05, 3.63) is 81.7 Å². The van der Waals surface area contributed by atoms with Gasteiger partial charge in [0.25, 0.3) is 5.91 Å². The number of ether oxygens (including phenoxy) is 3. The molecule has 9 heteroatoms. The van der Waals surface area contributed by atoms with Gasteiger partial charge in [0, 0.05) is 17.6 Å². The molecule has 2 aromatic carbocycles. The van der Waals surface area contributed by atoms with E-state index in [2.05, 4.69) is 10.5 Å². The van der Waals surface area contributed by atoms with Gasteiger partial charge in [-0.1, -0.05) is 35.0 Å². The SMILES string of the molecule is COc1cc(/C=C/C(=O)OCC(=O)NCc2ccc(Cl)cc2)ccc1OCc1c(C)noc1C. The highest BCUT2D eigenvalue weighted by Gasteiger charge is 2.12. The van der Waals surface area contributed by atoms with Gasteiger partial charge < -0.3 is 24.1 Å². The molecule has 0 spiro atoms. The first-order valence-corrected chi connectivity index (χ1v) is 10.8. The van der Waals surface area contributed by atoms with Crippen molar-refractivity contribution in [2.75, 3.05) is 13.7 Å². The second-order valence-electron chi connectivity index (χ2n) is 7.35. The van der Waals surface area contributed by atoms with Crippen molar-refractivity contribution in [3.8, 4) is 11.5 Å². The molecule has 1 aromatic heterocycles. The van der Waals surface area contributed by atoms with Crippen LogP contribution in [0.1, 0.15) is 28.1 Å². The van der Waals surface area contributed by atoms with Crippen molar-refractivity contribution >= 4 is 29.6 Å². The fraction of sp³-hybridized carbons (Fsp3) is 0.240. The van der Waals surface area contributed by atoms with E-state index in [9.17, 15) is 9.59 Å². The molecule has 1 amide bonds. The van der Waals surface area contributed by atoms with Crippen LogP contribution in [0.5, 0.6) is 11.5 Å². The molecule has 0 atom stereocenters. The van der Waals surface area contributed by atoms with Crippen LogP contribution in [0, 0.1) is 13.8 Å². The van der Waals surface area contributed by atoms with E-state index in [-0.39, 0.29) is 6.61 Å². The highest BCUT2D eigenvalue weighted by molar-refractivity contribution is 6.30. The number of amides is 1. The molecule has 0 aliphatic carbocycles. The van der Waals surface area contributed by atoms with Gasteiger partial charge in [0.15, 0.2) is 18.1 Å². The molecule has 3 rings (SSSR count). The van der Waals surface area contributed by atoms with Gasteiger partial charge in [-0.25, -0.2) is 4.79 Å². The van der Waals surface area contributed by atoms with Crippen LogP contribution < -0.4 is 14.8 Å². The Balaban J connectivity index is 1.48. The number of carbonyl (C=O) groups excluding carboxylic acids is 2. The number of methoxy groups -OCH3 is 1. The Morgan fingerprint density at radius 1 is 1.12 bits per heavy atom. The number of nitrogens with one attached hydrogen (secondary N) is 1. The molecule has 0 bridgehead atoms. The van der Waals surface area contributed by atoms with Gasteiger partial charge in [0.1, 0.15) is 12.4 Å². The van der Waals surface area contributed by atoms with Gasteiger partial charge in [0.05, 0.1) is 18.4 Å². The largest absolute Gasteiger partial charge is 0.493 e. The second kappa shape index (κ2) is 11.9. The van der Waals surface area contributed by atoms with Gasteiger partial charge in [-0.3, -0.25) is 4.79 Å². The van der Waals surface area contributed by atoms with Crippen LogP contribution in [0.3, 0.4) is 0 Å². The third-order valence-electron chi connectivity index (χ3n) is 4.90. The third kappa shape index (κ3) is 7.11. The van der Waals surface area contributed by atoms with Gasteiger partial charge in [0.2, 0.25) is 0 Å². The number of carbonyl (C=O) groups is 2. The Hall–Kier alpha value is -3.78. The average molecular weight is 485 g/mol. The Morgan fingerprint density at radius 3 is 2.56 bits per heavy atom. The highest BCUT2D eigenvalue weighted by atomic mass is 35.5. The number of aromatic nitrogens is 1. The quantitative estimate of drug-likeness (QED) is 0.336. The van der Waals surface area contributed by atoms with Gasteiger partial charge in [-0.05, 0) is 55.3 Å². The molecule has 8 nitrogen and oxygen atoms in total. The number of halogens is 1. The molecule has 0 saturated carbocycles. The van der Waals surface area contributed by atoms with E-state index in [1.54, 1.807) is 48.5 Å². The van der Waals surface area contributed by atoms with Crippen LogP contribution in [0.4, 0.5) is 0 Å². The molecule has 0 aliphatic heterocycles. The highest BCUT2D eigenvalue weighted by Crippen LogP contribution is 2.30. The van der Waals surface area contributed by atoms with Crippen LogP contribution in [-0.2, 0) is 27.5 Å². The lowest BCUT2D eigenvalue weighted by molar-refractivity contribution is -0.143. The first kappa shape index (κ1) is 24.9. The second-order valence-corrected chi connectivity index (χ2v) is 7.78. The lowest BCUT2D eigenvalue weighted by atomic mass is 10.2. The normalized spacial score (nSPS) is 10.8. The Kier molecular flexibility index (Phi) is 8.70. The number of aryl methyl sites for hydroxylation is 2. The number of rotatable bonds is 10. The standard InChI is InChI=1S/C25H25ClN2O6/c1-16-21(17(2)34-28-16)14-32-22-10-6-18(12-23(22)31-3)7-11-25(30)33-15-24(29)27-13-19-4-8-20(26)9-5-19/h4-12H,13-15H2,1-3H3,(H,27,29)/b11-7+. The minimum absolute atomic E-state index is 0.291. The van der Waals surface area contributed by atoms with Crippen LogP contribution in [0.25, 0.3) is 6.08 Å². The van der Waals surface area contributed by atoms with Gasteiger partial charge in [-0.2, -0.15) is 0 Å². The Morgan fingerprint density at radius 2 is 1.88 bits per heavy atom. The van der Waals surface area contributed by atoms with E-state index < -0.39 is 11.9 Å². The summed E-state index contributed by atoms with van der Waals surface area (Å²) < 4.78 is 21.4. The number of esters is 1. The van der Waals surface area contributed by atoms with E-state index in [0.29, 0.717) is 41.0 Å². The molecule has 0 aliphatic rings. The summed E-state index contributed by atoms with van der Waals surface area (Å²) in [7, 11) is 1.53. The lowest BCUT2D eigenvalue weighted by Gasteiger charge is -2.11. The van der Waals surface area contributed by atoms with E-state index in [1.807, 2.05) is 13.8 Å².